The Labute approximate surface area is 446 Å². The highest BCUT2D eigenvalue weighted by molar-refractivity contribution is 6.34. The van der Waals surface area contributed by atoms with E-state index in [1.54, 1.807) is 51.7 Å². The van der Waals surface area contributed by atoms with E-state index in [1.165, 1.54) is 31.6 Å². The normalized spacial score (nSPS) is 30.9. The van der Waals surface area contributed by atoms with Crippen molar-refractivity contribution in [2.75, 3.05) is 32.7 Å². The second-order valence-electron chi connectivity index (χ2n) is 22.7. The van der Waals surface area contributed by atoms with Crippen LogP contribution in [0.2, 0.25) is 0 Å². The maximum Gasteiger partial charge on any atom is 0.315 e. The molecule has 9 rings (SSSR count). The van der Waals surface area contributed by atoms with Crippen LogP contribution in [0.4, 0.5) is 0 Å². The predicted molar refractivity (Wildman–Crippen MR) is 285 cm³/mol. The van der Waals surface area contributed by atoms with E-state index in [2.05, 4.69) is 41.5 Å². The number of nitrogens with one attached hydrogen (secondary N) is 2. The number of benzene rings is 2. The molecule has 410 valence electrons. The maximum atomic E-state index is 14.9. The highest BCUT2D eigenvalue weighted by atomic mass is 16.7. The molecule has 2 aromatic rings. The third-order valence-corrected chi connectivity index (χ3v) is 16.6. The number of aryl methyl sites for hydroxylation is 1. The predicted octanol–water partition coefficient (Wildman–Crippen LogP) is 6.20. The lowest BCUT2D eigenvalue weighted by Crippen LogP contribution is -2.50. The van der Waals surface area contributed by atoms with Crippen molar-refractivity contribution in [2.45, 2.75) is 143 Å². The first kappa shape index (κ1) is 56.1. The first-order valence-corrected chi connectivity index (χ1v) is 27.1. The number of rotatable bonds is 8. The maximum absolute atomic E-state index is 14.9. The zero-order valence-corrected chi connectivity index (χ0v) is 45.4. The summed E-state index contributed by atoms with van der Waals surface area (Å²) >= 11 is 0. The number of aromatic hydroxyl groups is 1. The van der Waals surface area contributed by atoms with E-state index in [0.717, 1.165) is 38.5 Å². The Morgan fingerprint density at radius 2 is 1.57 bits per heavy atom. The molecule has 7 aliphatic rings. The van der Waals surface area contributed by atoms with E-state index >= 15 is 0 Å². The van der Waals surface area contributed by atoms with Gasteiger partial charge in [0.25, 0.3) is 11.7 Å². The van der Waals surface area contributed by atoms with Crippen LogP contribution in [-0.2, 0) is 30.3 Å². The number of carbonyl (C=O) groups excluding carboxylic acids is 5. The molecule has 0 radical (unpaired) electrons. The third-order valence-electron chi connectivity index (χ3n) is 16.6. The first-order valence-electron chi connectivity index (χ1n) is 27.1. The molecule has 6 N–H and O–H groups in total. The summed E-state index contributed by atoms with van der Waals surface area (Å²) in [5.74, 6) is -8.20. The van der Waals surface area contributed by atoms with Crippen LogP contribution < -0.4 is 15.4 Å². The second kappa shape index (κ2) is 22.8. The summed E-state index contributed by atoms with van der Waals surface area (Å²) in [4.78, 5) is 80.4. The lowest BCUT2D eigenvalue weighted by Gasteiger charge is -2.38. The number of esters is 1. The summed E-state index contributed by atoms with van der Waals surface area (Å²) < 4.78 is 18.4. The highest BCUT2D eigenvalue weighted by Crippen LogP contribution is 2.50. The van der Waals surface area contributed by atoms with E-state index < -0.39 is 95.2 Å². The van der Waals surface area contributed by atoms with Crippen molar-refractivity contribution in [3.05, 3.63) is 106 Å². The quantitative estimate of drug-likeness (QED) is 0.128. The van der Waals surface area contributed by atoms with Crippen LogP contribution in [0.15, 0.2) is 82.9 Å². The number of allylic oxidation sites excluding steroid dienone is 4. The molecule has 76 heavy (non-hydrogen) atoms. The summed E-state index contributed by atoms with van der Waals surface area (Å²) in [6.45, 7) is 18.7. The van der Waals surface area contributed by atoms with Crippen molar-refractivity contribution in [3.63, 3.8) is 0 Å². The van der Waals surface area contributed by atoms with Gasteiger partial charge in [0, 0.05) is 92.9 Å². The molecule has 17 heteroatoms. The van der Waals surface area contributed by atoms with Crippen LogP contribution in [0.5, 0.6) is 11.5 Å². The minimum absolute atomic E-state index is 0.0282. The van der Waals surface area contributed by atoms with Gasteiger partial charge in [-0.2, -0.15) is 0 Å². The van der Waals surface area contributed by atoms with Gasteiger partial charge in [-0.15, -0.1) is 0 Å². The molecule has 17 nitrogen and oxygen atoms in total. The molecule has 0 aromatic heterocycles. The molecule has 2 amide bonds. The molecule has 0 saturated carbocycles. The lowest BCUT2D eigenvalue weighted by molar-refractivity contribution is -0.165. The van der Waals surface area contributed by atoms with Crippen molar-refractivity contribution in [3.8, 4) is 11.5 Å². The molecular formula is C59H77N5O12. The minimum Gasteiger partial charge on any atom is -0.507 e. The molecular weight excluding hydrogens is 971 g/mol. The summed E-state index contributed by atoms with van der Waals surface area (Å²) in [5, 5.41) is 53.5. The topological polar surface area (TPSA) is 237 Å². The number of hydrogen-bond donors (Lipinski definition) is 6. The van der Waals surface area contributed by atoms with Crippen molar-refractivity contribution in [1.82, 2.24) is 20.4 Å². The van der Waals surface area contributed by atoms with Crippen LogP contribution in [0.3, 0.4) is 0 Å². The van der Waals surface area contributed by atoms with Crippen molar-refractivity contribution < 1.29 is 58.6 Å². The van der Waals surface area contributed by atoms with E-state index in [1.807, 2.05) is 18.2 Å². The number of Topliss-reactive ketones (excluding diaryl/α,β-unsaturated/α-hetero) is 2. The molecule has 1 unspecified atom stereocenters. The standard InChI is InChI=1S/C59H77N5O12/c1-32(2)31-63-27-23-59(24-28-63)61-47-44-45-52(70)38(8)55-46(44)56(72)58(9,76-55)74-29-22-41(65)35(5)54(75-43(67)30-42(66)64-25-20-40(21-26-64)19-18-39-16-11-10-12-17-39)37(7)51(69)36(6)50(68)33(3)14-13-15-34(4)57(73)60-49(53(45)71)48(47)62-59/h10-17,22,29,32-33,35-37,40-41,50-51,54,62,65,68-70H,18-21,23-28,30-31H2,1-9H3,(H,60,73)/b14-13+,29-22+,34-15-/t33-,35+,36+,37+,41?,50-,51+,54+,58-/m0/s1. The minimum atomic E-state index is -2.08. The molecule has 2 saturated heterocycles. The Morgan fingerprint density at radius 3 is 2.24 bits per heavy atom. The van der Waals surface area contributed by atoms with E-state index in [9.17, 15) is 44.4 Å². The molecule has 6 heterocycles. The Hall–Kier alpha value is -6.14. The van der Waals surface area contributed by atoms with Gasteiger partial charge in [0.05, 0.1) is 47.1 Å². The van der Waals surface area contributed by atoms with E-state index in [4.69, 9.17) is 19.2 Å². The molecule has 6 aliphatic heterocycles. The summed E-state index contributed by atoms with van der Waals surface area (Å²) in [5.41, 5.74) is 0.698. The van der Waals surface area contributed by atoms with Gasteiger partial charge < -0.3 is 55.1 Å². The Balaban J connectivity index is 1.09. The summed E-state index contributed by atoms with van der Waals surface area (Å²) in [7, 11) is 0. The zero-order valence-electron chi connectivity index (χ0n) is 45.4. The van der Waals surface area contributed by atoms with Crippen LogP contribution >= 0.6 is 0 Å². The number of nitrogens with zero attached hydrogens (tertiary/aromatic N) is 3. The Morgan fingerprint density at radius 1 is 0.882 bits per heavy atom. The summed E-state index contributed by atoms with van der Waals surface area (Å²) in [6, 6.07) is 10.3. The zero-order chi connectivity index (χ0) is 55.0. The molecule has 2 fully saturated rings. The smallest absolute Gasteiger partial charge is 0.315 e. The van der Waals surface area contributed by atoms with Crippen LogP contribution in [0, 0.1) is 42.4 Å². The monoisotopic (exact) mass is 1050 g/mol. The average Bonchev–Trinajstić information content (AvgIpc) is 3.91. The average molecular weight is 1050 g/mol. The highest BCUT2D eigenvalue weighted by Gasteiger charge is 2.54. The van der Waals surface area contributed by atoms with Crippen molar-refractivity contribution >= 4 is 35.1 Å². The van der Waals surface area contributed by atoms with Crippen LogP contribution in [-0.4, -0.2) is 134 Å². The Kier molecular flexibility index (Phi) is 16.8. The molecule has 2 aromatic carbocycles. The van der Waals surface area contributed by atoms with Gasteiger partial charge in [0.15, 0.2) is 0 Å². The number of likely N-dealkylation sites (tertiary alicyclic amines) is 2. The largest absolute Gasteiger partial charge is 0.507 e. The SMILES string of the molecule is C/C1=C/C=C/[C@H](C)[C@H](O)[C@@H](C)[C@@H](O)[C@@H](C)[C@H](OC(=O)CC(=O)N2CCC(CCc3ccccc3)CC2)[C@H](C)C(O)/C=C/O[C@@]2(C)Oc3c(C)c(O)c4c(c3C2=O)C2=NC3(CCN(CC(C)C)CC3)NC2=C(NC1=O)C4=O. The van der Waals surface area contributed by atoms with Crippen molar-refractivity contribution in [2.24, 2.45) is 40.5 Å². The van der Waals surface area contributed by atoms with Crippen molar-refractivity contribution in [1.29, 1.82) is 0 Å². The molecule has 5 bridgehead atoms. The number of fused-ring (bicyclic) bond motifs is 13. The molecule has 1 spiro atoms. The van der Waals surface area contributed by atoms with E-state index in [-0.39, 0.29) is 56.6 Å². The number of ether oxygens (including phenoxy) is 3. The lowest BCUT2D eigenvalue weighted by atomic mass is 9.78. The Bertz CT molecular complexity index is 2730. The van der Waals surface area contributed by atoms with Gasteiger partial charge >= 0.3 is 11.8 Å². The number of amides is 2. The number of carbonyl (C=O) groups is 5. The number of aliphatic imine (C=N–C) groups is 1. The number of aliphatic hydroxyl groups excluding tert-OH is 3. The van der Waals surface area contributed by atoms with Gasteiger partial charge in [-0.1, -0.05) is 90.1 Å². The number of hydrogen-bond acceptors (Lipinski definition) is 15. The number of phenols is 1. The number of aliphatic hydroxyl groups is 3. The number of phenolic OH excluding ortho intramolecular Hbond substituents is 1. The van der Waals surface area contributed by atoms with Gasteiger partial charge in [-0.3, -0.25) is 29.0 Å². The van der Waals surface area contributed by atoms with Crippen LogP contribution in [0.25, 0.3) is 0 Å². The second-order valence-corrected chi connectivity index (χ2v) is 22.7. The fourth-order valence-corrected chi connectivity index (χ4v) is 11.7. The fourth-order valence-electron chi connectivity index (χ4n) is 11.7. The fraction of sp³-hybridized carbons (Fsp3) is 0.559. The molecule has 1 aliphatic carbocycles. The molecule has 9 atom stereocenters. The summed E-state index contributed by atoms with van der Waals surface area (Å²) in [6.07, 6.45) is 6.20. The third kappa shape index (κ3) is 11.4. The van der Waals surface area contributed by atoms with Gasteiger partial charge in [-0.05, 0) is 63.0 Å². The van der Waals surface area contributed by atoms with E-state index in [0.29, 0.717) is 50.9 Å². The van der Waals surface area contributed by atoms with Gasteiger partial charge in [0.2, 0.25) is 11.7 Å². The van der Waals surface area contributed by atoms with Crippen LogP contribution in [0.1, 0.15) is 131 Å². The number of piperidine rings is 2. The first-order chi connectivity index (χ1) is 36.0. The van der Waals surface area contributed by atoms with Gasteiger partial charge in [0.1, 0.15) is 35.4 Å². The number of ketones is 2. The van der Waals surface area contributed by atoms with Gasteiger partial charge in [-0.25, -0.2) is 0 Å².